The molecule has 1 aromatic rings. The summed E-state index contributed by atoms with van der Waals surface area (Å²) < 4.78 is 0. The zero-order chi connectivity index (χ0) is 14.7. The minimum absolute atomic E-state index is 0.185. The summed E-state index contributed by atoms with van der Waals surface area (Å²) in [6.45, 7) is 2.17. The standard InChI is InChI=1S/C19H27NO/c1-2-18(20-19(21)15-8-4-5-9-15)17-12-11-14-7-3-6-10-16(14)13-17/h11-13,15,18H,2-10H2,1H3,(H,20,21)/t18-/m1/s1. The van der Waals surface area contributed by atoms with Gasteiger partial charge in [0.1, 0.15) is 0 Å². The third kappa shape index (κ3) is 3.30. The number of carbonyl (C=O) groups is 1. The first-order chi connectivity index (χ1) is 10.3. The lowest BCUT2D eigenvalue weighted by molar-refractivity contribution is -0.125. The molecule has 0 radical (unpaired) electrons. The fraction of sp³-hybridized carbons (Fsp3) is 0.632. The van der Waals surface area contributed by atoms with E-state index in [1.807, 2.05) is 0 Å². The molecule has 1 aromatic carbocycles. The van der Waals surface area contributed by atoms with Crippen LogP contribution in [0.4, 0.5) is 0 Å². The average Bonchev–Trinajstić information content (AvgIpc) is 3.06. The number of hydrogen-bond acceptors (Lipinski definition) is 1. The summed E-state index contributed by atoms with van der Waals surface area (Å²) in [5, 5.41) is 3.29. The largest absolute Gasteiger partial charge is 0.349 e. The van der Waals surface area contributed by atoms with Gasteiger partial charge in [0.15, 0.2) is 0 Å². The molecular formula is C19H27NO. The van der Waals surface area contributed by atoms with Crippen LogP contribution in [0.3, 0.4) is 0 Å². The molecule has 0 heterocycles. The summed E-state index contributed by atoms with van der Waals surface area (Å²) in [4.78, 5) is 12.4. The van der Waals surface area contributed by atoms with Gasteiger partial charge < -0.3 is 5.32 Å². The molecule has 1 amide bonds. The van der Waals surface area contributed by atoms with Gasteiger partial charge in [-0.05, 0) is 61.6 Å². The molecule has 2 aliphatic carbocycles. The molecule has 1 N–H and O–H groups in total. The smallest absolute Gasteiger partial charge is 0.223 e. The molecule has 0 aliphatic heterocycles. The van der Waals surface area contributed by atoms with Gasteiger partial charge in [0, 0.05) is 5.92 Å². The SMILES string of the molecule is CC[C@@H](NC(=O)C1CCCC1)c1ccc2c(c1)CCCC2. The van der Waals surface area contributed by atoms with Crippen LogP contribution in [0.2, 0.25) is 0 Å². The van der Waals surface area contributed by atoms with Crippen molar-refractivity contribution in [2.45, 2.75) is 70.8 Å². The summed E-state index contributed by atoms with van der Waals surface area (Å²) in [5.41, 5.74) is 4.32. The minimum atomic E-state index is 0.185. The maximum Gasteiger partial charge on any atom is 0.223 e. The van der Waals surface area contributed by atoms with Gasteiger partial charge in [-0.15, -0.1) is 0 Å². The van der Waals surface area contributed by atoms with Crippen molar-refractivity contribution < 1.29 is 4.79 Å². The summed E-state index contributed by atoms with van der Waals surface area (Å²) in [6.07, 6.45) is 10.6. The van der Waals surface area contributed by atoms with E-state index in [9.17, 15) is 4.79 Å². The first-order valence-corrected chi connectivity index (χ1v) is 8.70. The van der Waals surface area contributed by atoms with Gasteiger partial charge in [-0.2, -0.15) is 0 Å². The van der Waals surface area contributed by atoms with E-state index >= 15 is 0 Å². The molecule has 21 heavy (non-hydrogen) atoms. The molecule has 1 saturated carbocycles. The number of fused-ring (bicyclic) bond motifs is 1. The molecule has 3 rings (SSSR count). The average molecular weight is 285 g/mol. The highest BCUT2D eigenvalue weighted by Gasteiger charge is 2.25. The molecule has 0 spiro atoms. The van der Waals surface area contributed by atoms with Gasteiger partial charge in [0.05, 0.1) is 6.04 Å². The number of benzene rings is 1. The van der Waals surface area contributed by atoms with Crippen molar-refractivity contribution in [3.63, 3.8) is 0 Å². The monoisotopic (exact) mass is 285 g/mol. The van der Waals surface area contributed by atoms with E-state index in [4.69, 9.17) is 0 Å². The maximum atomic E-state index is 12.4. The quantitative estimate of drug-likeness (QED) is 0.877. The lowest BCUT2D eigenvalue weighted by Gasteiger charge is -2.23. The van der Waals surface area contributed by atoms with Crippen LogP contribution in [-0.4, -0.2) is 5.91 Å². The van der Waals surface area contributed by atoms with Gasteiger partial charge in [0.2, 0.25) is 5.91 Å². The maximum absolute atomic E-state index is 12.4. The summed E-state index contributed by atoms with van der Waals surface area (Å²) in [5.74, 6) is 0.536. The topological polar surface area (TPSA) is 29.1 Å². The highest BCUT2D eigenvalue weighted by molar-refractivity contribution is 5.79. The van der Waals surface area contributed by atoms with Gasteiger partial charge in [0.25, 0.3) is 0 Å². The van der Waals surface area contributed by atoms with E-state index in [2.05, 4.69) is 30.4 Å². The Morgan fingerprint density at radius 1 is 1.14 bits per heavy atom. The van der Waals surface area contributed by atoms with Crippen molar-refractivity contribution in [2.24, 2.45) is 5.92 Å². The number of carbonyl (C=O) groups excluding carboxylic acids is 1. The first-order valence-electron chi connectivity index (χ1n) is 8.70. The van der Waals surface area contributed by atoms with Crippen LogP contribution in [-0.2, 0) is 17.6 Å². The fourth-order valence-corrected chi connectivity index (χ4v) is 3.87. The molecule has 2 heteroatoms. The Hall–Kier alpha value is -1.31. The molecular weight excluding hydrogens is 258 g/mol. The fourth-order valence-electron chi connectivity index (χ4n) is 3.87. The number of hydrogen-bond donors (Lipinski definition) is 1. The van der Waals surface area contributed by atoms with Crippen LogP contribution in [0.1, 0.15) is 74.6 Å². The van der Waals surface area contributed by atoms with Crippen molar-refractivity contribution in [1.29, 1.82) is 0 Å². The van der Waals surface area contributed by atoms with Crippen molar-refractivity contribution >= 4 is 5.91 Å². The van der Waals surface area contributed by atoms with Crippen LogP contribution < -0.4 is 5.32 Å². The number of nitrogens with one attached hydrogen (secondary N) is 1. The van der Waals surface area contributed by atoms with Crippen molar-refractivity contribution in [3.05, 3.63) is 34.9 Å². The van der Waals surface area contributed by atoms with Crippen LogP contribution in [0.25, 0.3) is 0 Å². The molecule has 1 atom stereocenters. The highest BCUT2D eigenvalue weighted by atomic mass is 16.1. The Morgan fingerprint density at radius 3 is 2.57 bits per heavy atom. The Labute approximate surface area is 128 Å². The zero-order valence-corrected chi connectivity index (χ0v) is 13.2. The first kappa shape index (κ1) is 14.6. The molecule has 0 aromatic heterocycles. The summed E-state index contributed by atoms with van der Waals surface area (Å²) in [7, 11) is 0. The Bertz CT molecular complexity index is 502. The van der Waals surface area contributed by atoms with E-state index < -0.39 is 0 Å². The molecule has 1 fully saturated rings. The molecule has 0 bridgehead atoms. The predicted octanol–water partition coefficient (Wildman–Crippen LogP) is 4.32. The van der Waals surface area contributed by atoms with Crippen molar-refractivity contribution in [1.82, 2.24) is 5.32 Å². The third-order valence-corrected chi connectivity index (χ3v) is 5.23. The normalized spacial score (nSPS) is 20.0. The van der Waals surface area contributed by atoms with Gasteiger partial charge >= 0.3 is 0 Å². The van der Waals surface area contributed by atoms with Crippen molar-refractivity contribution in [2.75, 3.05) is 0 Å². The number of aryl methyl sites for hydroxylation is 2. The van der Waals surface area contributed by atoms with Gasteiger partial charge in [-0.25, -0.2) is 0 Å². The molecule has 0 unspecified atom stereocenters. The van der Waals surface area contributed by atoms with E-state index in [1.54, 1.807) is 0 Å². The van der Waals surface area contributed by atoms with E-state index in [0.29, 0.717) is 0 Å². The minimum Gasteiger partial charge on any atom is -0.349 e. The lowest BCUT2D eigenvalue weighted by atomic mass is 9.88. The second-order valence-corrected chi connectivity index (χ2v) is 6.69. The van der Waals surface area contributed by atoms with E-state index in [1.165, 1.54) is 55.2 Å². The molecule has 2 aliphatic rings. The summed E-state index contributed by atoms with van der Waals surface area (Å²) in [6, 6.07) is 7.05. The second kappa shape index (κ2) is 6.64. The van der Waals surface area contributed by atoms with E-state index in [0.717, 1.165) is 19.3 Å². The number of rotatable bonds is 4. The van der Waals surface area contributed by atoms with Crippen molar-refractivity contribution in [3.8, 4) is 0 Å². The van der Waals surface area contributed by atoms with Crippen LogP contribution in [0, 0.1) is 5.92 Å². The summed E-state index contributed by atoms with van der Waals surface area (Å²) >= 11 is 0. The molecule has 0 saturated heterocycles. The Morgan fingerprint density at radius 2 is 1.86 bits per heavy atom. The van der Waals surface area contributed by atoms with Crippen LogP contribution >= 0.6 is 0 Å². The van der Waals surface area contributed by atoms with Crippen LogP contribution in [0.5, 0.6) is 0 Å². The second-order valence-electron chi connectivity index (χ2n) is 6.69. The zero-order valence-electron chi connectivity index (χ0n) is 13.2. The Kier molecular flexibility index (Phi) is 4.62. The van der Waals surface area contributed by atoms with E-state index in [-0.39, 0.29) is 17.9 Å². The predicted molar refractivity (Wildman–Crippen MR) is 86.2 cm³/mol. The van der Waals surface area contributed by atoms with Gasteiger partial charge in [-0.3, -0.25) is 4.79 Å². The molecule has 114 valence electrons. The highest BCUT2D eigenvalue weighted by Crippen LogP contribution is 2.28. The third-order valence-electron chi connectivity index (χ3n) is 5.23. The van der Waals surface area contributed by atoms with Gasteiger partial charge in [-0.1, -0.05) is 38.0 Å². The molecule has 2 nitrogen and oxygen atoms in total. The lowest BCUT2D eigenvalue weighted by Crippen LogP contribution is -2.32. The number of amides is 1. The Balaban J connectivity index is 1.71. The van der Waals surface area contributed by atoms with Crippen LogP contribution in [0.15, 0.2) is 18.2 Å².